The zero-order valence-corrected chi connectivity index (χ0v) is 12.6. The molecule has 1 aromatic carbocycles. The second kappa shape index (κ2) is 8.60. The van der Waals surface area contributed by atoms with Crippen molar-refractivity contribution in [3.8, 4) is 0 Å². The molecule has 6 heteroatoms. The molecule has 0 bridgehead atoms. The highest BCUT2D eigenvalue weighted by atomic mass is 32.2. The molecule has 0 aliphatic heterocycles. The first-order valence-corrected chi connectivity index (χ1v) is 7.65. The van der Waals surface area contributed by atoms with Gasteiger partial charge in [0.15, 0.2) is 0 Å². The number of carboxylic acid groups (broad SMARTS) is 1. The number of hydrogen-bond donors (Lipinski definition) is 2. The van der Waals surface area contributed by atoms with Gasteiger partial charge in [0.25, 0.3) is 0 Å². The van der Waals surface area contributed by atoms with E-state index in [1.54, 1.807) is 16.7 Å². The third kappa shape index (κ3) is 6.08. The third-order valence-corrected chi connectivity index (χ3v) is 3.34. The smallest absolute Gasteiger partial charge is 0.317 e. The summed E-state index contributed by atoms with van der Waals surface area (Å²) in [6, 6.07) is 7.56. The lowest BCUT2D eigenvalue weighted by Gasteiger charge is -2.18. The van der Waals surface area contributed by atoms with E-state index < -0.39 is 5.97 Å². The molecule has 0 spiro atoms. The van der Waals surface area contributed by atoms with Gasteiger partial charge in [-0.25, -0.2) is 0 Å². The van der Waals surface area contributed by atoms with Crippen LogP contribution < -0.4 is 5.32 Å². The van der Waals surface area contributed by atoms with E-state index in [2.05, 4.69) is 5.32 Å². The molecule has 2 N–H and O–H groups in total. The fraction of sp³-hybridized carbons (Fsp3) is 0.429. The number of nitrogens with zero attached hydrogens (tertiary/aromatic N) is 1. The molecular weight excluding hydrogens is 276 g/mol. The first kappa shape index (κ1) is 16.5. The predicted molar refractivity (Wildman–Crippen MR) is 81.2 cm³/mol. The van der Waals surface area contributed by atoms with E-state index in [1.807, 2.05) is 37.4 Å². The van der Waals surface area contributed by atoms with Crippen LogP contribution in [-0.4, -0.2) is 47.8 Å². The van der Waals surface area contributed by atoms with E-state index in [1.165, 1.54) is 0 Å². The fourth-order valence-electron chi connectivity index (χ4n) is 1.83. The van der Waals surface area contributed by atoms with Crippen LogP contribution >= 0.6 is 11.8 Å². The minimum atomic E-state index is -0.921. The maximum absolute atomic E-state index is 11.9. The van der Waals surface area contributed by atoms with Crippen molar-refractivity contribution in [1.82, 2.24) is 4.90 Å². The molecule has 20 heavy (non-hydrogen) atoms. The van der Waals surface area contributed by atoms with Gasteiger partial charge in [-0.3, -0.25) is 14.5 Å². The van der Waals surface area contributed by atoms with Crippen LogP contribution in [0.1, 0.15) is 13.3 Å². The highest BCUT2D eigenvalue weighted by Gasteiger charge is 2.13. The van der Waals surface area contributed by atoms with Crippen LogP contribution in [0.4, 0.5) is 5.69 Å². The SMILES string of the molecule is CCCN(CC(=O)O)CC(=O)Nc1cccc(SC)c1. The number of hydrogen-bond acceptors (Lipinski definition) is 4. The summed E-state index contributed by atoms with van der Waals surface area (Å²) in [4.78, 5) is 25.3. The molecular formula is C14H20N2O3S. The molecule has 0 radical (unpaired) electrons. The molecule has 0 saturated carbocycles. The van der Waals surface area contributed by atoms with Crippen LogP contribution in [-0.2, 0) is 9.59 Å². The van der Waals surface area contributed by atoms with E-state index in [9.17, 15) is 9.59 Å². The number of thioether (sulfide) groups is 1. The zero-order chi connectivity index (χ0) is 15.0. The number of amides is 1. The number of carbonyl (C=O) groups excluding carboxylic acids is 1. The normalized spacial score (nSPS) is 10.6. The Balaban J connectivity index is 2.57. The minimum Gasteiger partial charge on any atom is -0.480 e. The Morgan fingerprint density at radius 2 is 2.10 bits per heavy atom. The van der Waals surface area contributed by atoms with Gasteiger partial charge >= 0.3 is 5.97 Å². The lowest BCUT2D eigenvalue weighted by Crippen LogP contribution is -2.37. The molecule has 5 nitrogen and oxygen atoms in total. The van der Waals surface area contributed by atoms with Crippen molar-refractivity contribution in [1.29, 1.82) is 0 Å². The molecule has 0 heterocycles. The average Bonchev–Trinajstić information content (AvgIpc) is 2.38. The summed E-state index contributed by atoms with van der Waals surface area (Å²) in [6.45, 7) is 2.51. The van der Waals surface area contributed by atoms with Crippen molar-refractivity contribution in [2.24, 2.45) is 0 Å². The van der Waals surface area contributed by atoms with Crippen molar-refractivity contribution in [3.05, 3.63) is 24.3 Å². The number of aliphatic carboxylic acids is 1. The lowest BCUT2D eigenvalue weighted by molar-refractivity contribution is -0.138. The standard InChI is InChI=1S/C14H20N2O3S/c1-3-7-16(10-14(18)19)9-13(17)15-11-5-4-6-12(8-11)20-2/h4-6,8H,3,7,9-10H2,1-2H3,(H,15,17)(H,18,19). The Morgan fingerprint density at radius 3 is 2.70 bits per heavy atom. The summed E-state index contributed by atoms with van der Waals surface area (Å²) < 4.78 is 0. The number of rotatable bonds is 8. The predicted octanol–water partition coefficient (Wildman–Crippen LogP) is 2.14. The van der Waals surface area contributed by atoms with Crippen LogP contribution in [0.2, 0.25) is 0 Å². The number of carbonyl (C=O) groups is 2. The van der Waals surface area contributed by atoms with Crippen molar-refractivity contribution in [2.45, 2.75) is 18.2 Å². The number of nitrogens with one attached hydrogen (secondary N) is 1. The van der Waals surface area contributed by atoms with Crippen LogP contribution in [0.25, 0.3) is 0 Å². The molecule has 0 saturated heterocycles. The van der Waals surface area contributed by atoms with E-state index in [4.69, 9.17) is 5.11 Å². The van der Waals surface area contributed by atoms with Crippen LogP contribution in [0.3, 0.4) is 0 Å². The minimum absolute atomic E-state index is 0.0869. The van der Waals surface area contributed by atoms with Gasteiger partial charge in [-0.2, -0.15) is 0 Å². The zero-order valence-electron chi connectivity index (χ0n) is 11.8. The summed E-state index contributed by atoms with van der Waals surface area (Å²) >= 11 is 1.60. The topological polar surface area (TPSA) is 69.6 Å². The molecule has 0 fully saturated rings. The van der Waals surface area contributed by atoms with Gasteiger partial charge in [0, 0.05) is 10.6 Å². The van der Waals surface area contributed by atoms with Gasteiger partial charge in [0.1, 0.15) is 0 Å². The van der Waals surface area contributed by atoms with Gasteiger partial charge in [-0.15, -0.1) is 11.8 Å². The molecule has 1 amide bonds. The van der Waals surface area contributed by atoms with Gasteiger partial charge in [0.05, 0.1) is 13.1 Å². The van der Waals surface area contributed by atoms with E-state index >= 15 is 0 Å². The molecule has 0 aromatic heterocycles. The van der Waals surface area contributed by atoms with Gasteiger partial charge in [-0.05, 0) is 37.4 Å². The molecule has 0 unspecified atom stereocenters. The number of benzene rings is 1. The molecule has 1 aromatic rings. The first-order chi connectivity index (χ1) is 9.55. The number of anilines is 1. The van der Waals surface area contributed by atoms with E-state index in [0.717, 1.165) is 17.0 Å². The highest BCUT2D eigenvalue weighted by molar-refractivity contribution is 7.98. The molecule has 0 atom stereocenters. The third-order valence-electron chi connectivity index (χ3n) is 2.62. The first-order valence-electron chi connectivity index (χ1n) is 6.43. The fourth-order valence-corrected chi connectivity index (χ4v) is 2.29. The second-order valence-corrected chi connectivity index (χ2v) is 5.26. The van der Waals surface area contributed by atoms with Crippen molar-refractivity contribution < 1.29 is 14.7 Å². The summed E-state index contributed by atoms with van der Waals surface area (Å²) in [5.74, 6) is -1.12. The maximum Gasteiger partial charge on any atom is 0.317 e. The van der Waals surface area contributed by atoms with E-state index in [-0.39, 0.29) is 19.0 Å². The largest absolute Gasteiger partial charge is 0.480 e. The molecule has 110 valence electrons. The molecule has 1 rings (SSSR count). The Morgan fingerprint density at radius 1 is 1.35 bits per heavy atom. The van der Waals surface area contributed by atoms with Gasteiger partial charge in [0.2, 0.25) is 5.91 Å². The highest BCUT2D eigenvalue weighted by Crippen LogP contribution is 2.18. The maximum atomic E-state index is 11.9. The Kier molecular flexibility index (Phi) is 7.11. The Labute approximate surface area is 123 Å². The van der Waals surface area contributed by atoms with Crippen molar-refractivity contribution in [3.63, 3.8) is 0 Å². The summed E-state index contributed by atoms with van der Waals surface area (Å²) in [5, 5.41) is 11.6. The van der Waals surface area contributed by atoms with Gasteiger partial charge in [-0.1, -0.05) is 13.0 Å². The summed E-state index contributed by atoms with van der Waals surface area (Å²) in [5.41, 5.74) is 0.730. The van der Waals surface area contributed by atoms with Crippen molar-refractivity contribution >= 4 is 29.3 Å². The molecule has 0 aliphatic rings. The summed E-state index contributed by atoms with van der Waals surface area (Å²) in [6.07, 6.45) is 2.78. The quantitative estimate of drug-likeness (QED) is 0.719. The second-order valence-electron chi connectivity index (χ2n) is 4.38. The van der Waals surface area contributed by atoms with Crippen molar-refractivity contribution in [2.75, 3.05) is 31.2 Å². The van der Waals surface area contributed by atoms with Gasteiger partial charge < -0.3 is 10.4 Å². The molecule has 0 aliphatic carbocycles. The Bertz CT molecular complexity index is 465. The van der Waals surface area contributed by atoms with Crippen LogP contribution in [0.5, 0.6) is 0 Å². The van der Waals surface area contributed by atoms with Crippen LogP contribution in [0, 0.1) is 0 Å². The van der Waals surface area contributed by atoms with Crippen LogP contribution in [0.15, 0.2) is 29.2 Å². The number of carboxylic acids is 1. The van der Waals surface area contributed by atoms with E-state index in [0.29, 0.717) is 6.54 Å². The Hall–Kier alpha value is -1.53. The monoisotopic (exact) mass is 296 g/mol. The lowest BCUT2D eigenvalue weighted by atomic mass is 10.3. The average molecular weight is 296 g/mol. The summed E-state index contributed by atoms with van der Waals surface area (Å²) in [7, 11) is 0.